The molecule has 1 fully saturated rings. The number of hydrazine groups is 1. The van der Waals surface area contributed by atoms with Gasteiger partial charge in [0.05, 0.1) is 6.17 Å². The molecule has 0 aromatic rings. The van der Waals surface area contributed by atoms with Crippen LogP contribution in [0.25, 0.3) is 0 Å². The summed E-state index contributed by atoms with van der Waals surface area (Å²) in [4.78, 5) is 0. The topological polar surface area (TPSA) is 43.9 Å². The zero-order valence-corrected chi connectivity index (χ0v) is 5.17. The molecule has 2 heteroatoms. The molecule has 0 aromatic heterocycles. The van der Waals surface area contributed by atoms with Crippen molar-refractivity contribution >= 4 is 0 Å². The van der Waals surface area contributed by atoms with E-state index in [0.29, 0.717) is 12.1 Å². The van der Waals surface area contributed by atoms with Gasteiger partial charge >= 0.3 is 0 Å². The SMILES string of the molecule is C1=CCC(C2NN2)C=C1. The van der Waals surface area contributed by atoms with Gasteiger partial charge in [0.1, 0.15) is 0 Å². The number of rotatable bonds is 1. The Bertz CT molecular complexity index is 156. The molecule has 1 aliphatic carbocycles. The van der Waals surface area contributed by atoms with Crippen LogP contribution in [0.1, 0.15) is 6.42 Å². The number of allylic oxidation sites excluding steroid dienone is 3. The smallest absolute Gasteiger partial charge is 0.0898 e. The summed E-state index contributed by atoms with van der Waals surface area (Å²) in [6.45, 7) is 0. The molecule has 0 radical (unpaired) electrons. The van der Waals surface area contributed by atoms with Gasteiger partial charge < -0.3 is 0 Å². The molecule has 1 saturated heterocycles. The summed E-state index contributed by atoms with van der Waals surface area (Å²) in [6, 6.07) is 0. The fourth-order valence-electron chi connectivity index (χ4n) is 1.11. The van der Waals surface area contributed by atoms with Crippen molar-refractivity contribution in [3.8, 4) is 0 Å². The molecule has 1 unspecified atom stereocenters. The molecule has 1 heterocycles. The number of nitrogens with one attached hydrogen (secondary N) is 2. The highest BCUT2D eigenvalue weighted by Crippen LogP contribution is 2.17. The first-order chi connectivity index (χ1) is 4.47. The van der Waals surface area contributed by atoms with Crippen molar-refractivity contribution in [3.63, 3.8) is 0 Å². The van der Waals surface area contributed by atoms with E-state index in [4.69, 9.17) is 0 Å². The first kappa shape index (κ1) is 5.21. The van der Waals surface area contributed by atoms with E-state index in [0.717, 1.165) is 0 Å². The Labute approximate surface area is 54.6 Å². The third-order valence-corrected chi connectivity index (χ3v) is 1.75. The second kappa shape index (κ2) is 1.97. The highest BCUT2D eigenvalue weighted by Gasteiger charge is 2.27. The fraction of sp³-hybridized carbons (Fsp3) is 0.429. The Morgan fingerprint density at radius 2 is 2.11 bits per heavy atom. The predicted molar refractivity (Wildman–Crippen MR) is 36.4 cm³/mol. The lowest BCUT2D eigenvalue weighted by atomic mass is 10.00. The van der Waals surface area contributed by atoms with Gasteiger partial charge in [0.2, 0.25) is 0 Å². The standard InChI is InChI=1S/C7H10N2/c1-2-4-6(5-3-1)7-8-9-7/h1-4,6-9H,5H2. The van der Waals surface area contributed by atoms with Crippen molar-refractivity contribution in [1.29, 1.82) is 0 Å². The Morgan fingerprint density at radius 3 is 2.67 bits per heavy atom. The average molecular weight is 122 g/mol. The summed E-state index contributed by atoms with van der Waals surface area (Å²) in [6.07, 6.45) is 10.4. The zero-order chi connectivity index (χ0) is 6.10. The second-order valence-electron chi connectivity index (χ2n) is 2.48. The summed E-state index contributed by atoms with van der Waals surface area (Å²) in [5.41, 5.74) is 6.14. The van der Waals surface area contributed by atoms with E-state index in [1.807, 2.05) is 0 Å². The lowest BCUT2D eigenvalue weighted by Gasteiger charge is -2.07. The maximum absolute atomic E-state index is 3.07. The van der Waals surface area contributed by atoms with E-state index in [1.54, 1.807) is 0 Å². The van der Waals surface area contributed by atoms with Crippen molar-refractivity contribution in [2.45, 2.75) is 12.6 Å². The molecule has 1 atom stereocenters. The highest BCUT2D eigenvalue weighted by atomic mass is 15.6. The fourth-order valence-corrected chi connectivity index (χ4v) is 1.11. The van der Waals surface area contributed by atoms with Crippen LogP contribution in [-0.4, -0.2) is 6.17 Å². The van der Waals surface area contributed by atoms with Crippen LogP contribution >= 0.6 is 0 Å². The van der Waals surface area contributed by atoms with E-state index >= 15 is 0 Å². The molecular formula is C7H10N2. The van der Waals surface area contributed by atoms with Gasteiger partial charge in [0.15, 0.2) is 0 Å². The number of hydrogen-bond acceptors (Lipinski definition) is 2. The Kier molecular flexibility index (Phi) is 1.14. The largest absolute Gasteiger partial charge is 0.237 e. The van der Waals surface area contributed by atoms with Crippen molar-refractivity contribution in [2.75, 3.05) is 0 Å². The number of hydrogen-bond donors (Lipinski definition) is 2. The monoisotopic (exact) mass is 122 g/mol. The van der Waals surface area contributed by atoms with E-state index in [1.165, 1.54) is 6.42 Å². The summed E-state index contributed by atoms with van der Waals surface area (Å²) in [5.74, 6) is 0.676. The summed E-state index contributed by atoms with van der Waals surface area (Å²) < 4.78 is 0. The van der Waals surface area contributed by atoms with Crippen molar-refractivity contribution in [1.82, 2.24) is 10.9 Å². The Morgan fingerprint density at radius 1 is 1.22 bits per heavy atom. The summed E-state index contributed by atoms with van der Waals surface area (Å²) in [5, 5.41) is 0. The van der Waals surface area contributed by atoms with Gasteiger partial charge in [-0.3, -0.25) is 0 Å². The molecule has 0 spiro atoms. The molecule has 9 heavy (non-hydrogen) atoms. The molecule has 1 aliphatic heterocycles. The highest BCUT2D eigenvalue weighted by molar-refractivity contribution is 5.13. The van der Waals surface area contributed by atoms with E-state index in [9.17, 15) is 0 Å². The Hall–Kier alpha value is -0.600. The molecular weight excluding hydrogens is 112 g/mol. The quantitative estimate of drug-likeness (QED) is 0.499. The maximum atomic E-state index is 3.07. The van der Waals surface area contributed by atoms with Gasteiger partial charge in [0, 0.05) is 5.92 Å². The van der Waals surface area contributed by atoms with Gasteiger partial charge in [-0.05, 0) is 6.42 Å². The Balaban J connectivity index is 1.98. The van der Waals surface area contributed by atoms with Crippen LogP contribution in [0.3, 0.4) is 0 Å². The lowest BCUT2D eigenvalue weighted by Crippen LogP contribution is -2.09. The van der Waals surface area contributed by atoms with Crippen LogP contribution in [0.4, 0.5) is 0 Å². The minimum absolute atomic E-state index is 0.547. The van der Waals surface area contributed by atoms with Crippen LogP contribution in [-0.2, 0) is 0 Å². The molecule has 2 N–H and O–H groups in total. The van der Waals surface area contributed by atoms with Gasteiger partial charge in [-0.1, -0.05) is 24.3 Å². The van der Waals surface area contributed by atoms with E-state index < -0.39 is 0 Å². The molecule has 0 saturated carbocycles. The van der Waals surface area contributed by atoms with Crippen LogP contribution in [0.5, 0.6) is 0 Å². The summed E-state index contributed by atoms with van der Waals surface area (Å²) in [7, 11) is 0. The lowest BCUT2D eigenvalue weighted by molar-refractivity contribution is 0.627. The minimum atomic E-state index is 0.547. The van der Waals surface area contributed by atoms with Crippen molar-refractivity contribution < 1.29 is 0 Å². The molecule has 2 aliphatic rings. The van der Waals surface area contributed by atoms with Gasteiger partial charge in [-0.25, -0.2) is 10.9 Å². The first-order valence-electron chi connectivity index (χ1n) is 3.31. The third kappa shape index (κ3) is 1.04. The van der Waals surface area contributed by atoms with Crippen LogP contribution in [0, 0.1) is 5.92 Å². The minimum Gasteiger partial charge on any atom is -0.237 e. The second-order valence-corrected chi connectivity index (χ2v) is 2.48. The molecule has 2 nitrogen and oxygen atoms in total. The molecule has 0 bridgehead atoms. The van der Waals surface area contributed by atoms with E-state index in [-0.39, 0.29) is 0 Å². The van der Waals surface area contributed by atoms with Crippen LogP contribution < -0.4 is 10.9 Å². The van der Waals surface area contributed by atoms with Crippen LogP contribution in [0.2, 0.25) is 0 Å². The summed E-state index contributed by atoms with van der Waals surface area (Å²) >= 11 is 0. The van der Waals surface area contributed by atoms with Crippen molar-refractivity contribution in [3.05, 3.63) is 24.3 Å². The molecule has 48 valence electrons. The van der Waals surface area contributed by atoms with Crippen LogP contribution in [0.15, 0.2) is 24.3 Å². The van der Waals surface area contributed by atoms with Crippen molar-refractivity contribution in [2.24, 2.45) is 5.92 Å². The van der Waals surface area contributed by atoms with E-state index in [2.05, 4.69) is 35.2 Å². The zero-order valence-electron chi connectivity index (χ0n) is 5.17. The first-order valence-corrected chi connectivity index (χ1v) is 3.31. The van der Waals surface area contributed by atoms with Gasteiger partial charge in [-0.2, -0.15) is 0 Å². The van der Waals surface area contributed by atoms with Gasteiger partial charge in [0.25, 0.3) is 0 Å². The third-order valence-electron chi connectivity index (χ3n) is 1.75. The normalized spacial score (nSPS) is 33.1. The molecule has 2 rings (SSSR count). The molecule has 0 aromatic carbocycles. The van der Waals surface area contributed by atoms with Gasteiger partial charge in [-0.15, -0.1) is 0 Å². The average Bonchev–Trinajstić information content (AvgIpc) is 2.71. The maximum Gasteiger partial charge on any atom is 0.0898 e. The predicted octanol–water partition coefficient (Wildman–Crippen LogP) is 0.553. The molecule has 0 amide bonds.